The Kier molecular flexibility index (Phi) is 13.2. The van der Waals surface area contributed by atoms with Gasteiger partial charge in [-0.1, -0.05) is 28.1 Å². The normalized spacial score (nSPS) is 14.3. The second kappa shape index (κ2) is 16.2. The summed E-state index contributed by atoms with van der Waals surface area (Å²) in [5, 5.41) is 4.94. The molecule has 5 aromatic rings. The average molecular weight is 773 g/mol. The first-order chi connectivity index (χ1) is 21.1. The van der Waals surface area contributed by atoms with E-state index >= 15 is 0 Å². The minimum Gasteiger partial charge on any atom is -0.399 e. The van der Waals surface area contributed by atoms with E-state index in [0.29, 0.717) is 0 Å². The minimum absolute atomic E-state index is 0.299. The van der Waals surface area contributed by atoms with Crippen molar-refractivity contribution in [3.63, 3.8) is 0 Å². The fourth-order valence-corrected chi connectivity index (χ4v) is 5.75. The van der Waals surface area contributed by atoms with Crippen molar-refractivity contribution in [1.82, 2.24) is 9.97 Å². The molecule has 0 spiro atoms. The van der Waals surface area contributed by atoms with Crippen LogP contribution in [-0.2, 0) is 9.31 Å². The Balaban J connectivity index is 0.000000174. The highest BCUT2D eigenvalue weighted by molar-refractivity contribution is 9.11. The number of aryl methyl sites for hydroxylation is 3. The van der Waals surface area contributed by atoms with Gasteiger partial charge in [0.05, 0.1) is 11.2 Å². The average Bonchev–Trinajstić information content (AvgIpc) is 3.73. The van der Waals surface area contributed by atoms with Crippen molar-refractivity contribution >= 4 is 84.2 Å². The first-order valence-electron chi connectivity index (χ1n) is 14.1. The Morgan fingerprint density at radius 1 is 0.667 bits per heavy atom. The molecule has 0 aliphatic carbocycles. The van der Waals surface area contributed by atoms with Gasteiger partial charge in [0.15, 0.2) is 3.92 Å². The van der Waals surface area contributed by atoms with Gasteiger partial charge in [0.2, 0.25) is 0 Å². The number of halogens is 2. The zero-order chi connectivity index (χ0) is 33.4. The molecule has 0 unspecified atom stereocenters. The number of benzene rings is 3. The third kappa shape index (κ3) is 10.7. The number of hydrogen-bond donors (Lipinski definition) is 3. The molecule has 7 nitrogen and oxygen atoms in total. The van der Waals surface area contributed by atoms with Crippen molar-refractivity contribution in [2.24, 2.45) is 0 Å². The molecule has 0 radical (unpaired) electrons. The van der Waals surface area contributed by atoms with E-state index in [1.165, 1.54) is 0 Å². The number of thiazole rings is 2. The van der Waals surface area contributed by atoms with Crippen molar-refractivity contribution in [3.8, 4) is 10.6 Å². The standard InChI is InChI=1S/C13H20BNO2.C10H10N2S.C7H8BrN.C3H2BrNS/c1-9-8-10(6-7-11(9)15)14-16-12(2,3)13(4,5)17-14;1-7-6-8(2-3-9(7)11)10-12-4-5-13-10;1-5-4-6(8)2-3-7(5)9;4-3-5-1-2-6-3/h6-8H,15H2,1-5H3;2-6H,11H2,1H3;2-4H,9H2,1H3;1-2H. The van der Waals surface area contributed by atoms with Crippen LogP contribution in [0.25, 0.3) is 10.6 Å². The molecule has 1 fully saturated rings. The van der Waals surface area contributed by atoms with Crippen LogP contribution < -0.4 is 22.7 Å². The van der Waals surface area contributed by atoms with E-state index in [0.717, 1.165) is 58.2 Å². The third-order valence-electron chi connectivity index (χ3n) is 7.40. The van der Waals surface area contributed by atoms with E-state index in [1.54, 1.807) is 28.9 Å². The summed E-state index contributed by atoms with van der Waals surface area (Å²) in [6.07, 6.45) is 3.57. The highest BCUT2D eigenvalue weighted by Gasteiger charge is 2.51. The minimum atomic E-state index is -0.306. The van der Waals surface area contributed by atoms with E-state index in [2.05, 4.69) is 75.6 Å². The molecule has 12 heteroatoms. The highest BCUT2D eigenvalue weighted by atomic mass is 79.9. The van der Waals surface area contributed by atoms with Gasteiger partial charge in [0, 0.05) is 50.3 Å². The first-order valence-corrected chi connectivity index (χ1v) is 17.5. The Morgan fingerprint density at radius 2 is 1.18 bits per heavy atom. The van der Waals surface area contributed by atoms with Gasteiger partial charge in [0.25, 0.3) is 0 Å². The molecule has 238 valence electrons. The van der Waals surface area contributed by atoms with Gasteiger partial charge in [-0.2, -0.15) is 0 Å². The Morgan fingerprint density at radius 3 is 1.60 bits per heavy atom. The van der Waals surface area contributed by atoms with E-state index in [1.807, 2.05) is 86.3 Å². The maximum atomic E-state index is 5.98. The van der Waals surface area contributed by atoms with Crippen LogP contribution in [0.3, 0.4) is 0 Å². The second-order valence-electron chi connectivity index (χ2n) is 11.4. The van der Waals surface area contributed by atoms with Crippen LogP contribution in [0.4, 0.5) is 17.1 Å². The fraction of sp³-hybridized carbons (Fsp3) is 0.273. The molecule has 3 heterocycles. The summed E-state index contributed by atoms with van der Waals surface area (Å²) in [6, 6.07) is 17.7. The van der Waals surface area contributed by atoms with E-state index < -0.39 is 0 Å². The zero-order valence-electron chi connectivity index (χ0n) is 26.6. The van der Waals surface area contributed by atoms with Crippen LogP contribution in [0.1, 0.15) is 44.4 Å². The number of hydrogen-bond acceptors (Lipinski definition) is 9. The molecule has 1 aliphatic heterocycles. The monoisotopic (exact) mass is 771 g/mol. The SMILES string of the molecule is Brc1nccs1.Cc1cc(-c2nccs2)ccc1N.Cc1cc(B2OC(C)(C)C(C)(C)O2)ccc1N.Cc1cc(Br)ccc1N. The molecule has 0 bridgehead atoms. The van der Waals surface area contributed by atoms with Crippen molar-refractivity contribution in [1.29, 1.82) is 0 Å². The maximum absolute atomic E-state index is 5.98. The fourth-order valence-electron chi connectivity index (χ4n) is 3.84. The third-order valence-corrected chi connectivity index (χ3v) is 10.0. The molecule has 0 saturated carbocycles. The van der Waals surface area contributed by atoms with Gasteiger partial charge >= 0.3 is 7.12 Å². The topological polar surface area (TPSA) is 122 Å². The van der Waals surface area contributed by atoms with Crippen LogP contribution >= 0.6 is 54.5 Å². The van der Waals surface area contributed by atoms with Crippen LogP contribution in [0.5, 0.6) is 0 Å². The van der Waals surface area contributed by atoms with E-state index in [9.17, 15) is 0 Å². The molecular formula is C33H40BBr2N5O2S2. The van der Waals surface area contributed by atoms with Crippen molar-refractivity contribution in [2.75, 3.05) is 17.2 Å². The summed E-state index contributed by atoms with van der Waals surface area (Å²) >= 11 is 9.75. The molecule has 1 saturated heterocycles. The summed E-state index contributed by atoms with van der Waals surface area (Å²) in [5.74, 6) is 0. The number of nitrogens with zero attached hydrogens (tertiary/aromatic N) is 2. The van der Waals surface area contributed by atoms with Crippen molar-refractivity contribution in [2.45, 2.75) is 59.7 Å². The second-order valence-corrected chi connectivity index (χ2v) is 15.4. The van der Waals surface area contributed by atoms with Crippen LogP contribution in [0.2, 0.25) is 0 Å². The molecule has 3 aromatic carbocycles. The lowest BCUT2D eigenvalue weighted by Crippen LogP contribution is -2.41. The first kappa shape index (κ1) is 36.7. The predicted molar refractivity (Wildman–Crippen MR) is 201 cm³/mol. The van der Waals surface area contributed by atoms with E-state index in [4.69, 9.17) is 26.5 Å². The number of rotatable bonds is 2. The lowest BCUT2D eigenvalue weighted by molar-refractivity contribution is 0.00578. The summed E-state index contributed by atoms with van der Waals surface area (Å²) < 4.78 is 14.0. The molecule has 0 amide bonds. The van der Waals surface area contributed by atoms with Gasteiger partial charge in [0.1, 0.15) is 5.01 Å². The van der Waals surface area contributed by atoms with Gasteiger partial charge in [-0.05, 0) is 129 Å². The van der Waals surface area contributed by atoms with Crippen LogP contribution in [-0.4, -0.2) is 28.3 Å². The summed E-state index contributed by atoms with van der Waals surface area (Å²) in [5.41, 5.74) is 24.4. The molecule has 6 rings (SSSR count). The lowest BCUT2D eigenvalue weighted by atomic mass is 9.78. The molecule has 1 aliphatic rings. The largest absolute Gasteiger partial charge is 0.494 e. The number of nitrogen functional groups attached to an aromatic ring is 3. The van der Waals surface area contributed by atoms with Gasteiger partial charge in [-0.25, -0.2) is 9.97 Å². The molecule has 2 aromatic heterocycles. The number of nitrogens with two attached hydrogens (primary N) is 3. The summed E-state index contributed by atoms with van der Waals surface area (Å²) in [4.78, 5) is 8.09. The lowest BCUT2D eigenvalue weighted by Gasteiger charge is -2.32. The molecule has 6 N–H and O–H groups in total. The Labute approximate surface area is 292 Å². The smallest absolute Gasteiger partial charge is 0.399 e. The van der Waals surface area contributed by atoms with Crippen molar-refractivity contribution in [3.05, 3.63) is 103 Å². The van der Waals surface area contributed by atoms with E-state index in [-0.39, 0.29) is 18.3 Å². The molecule has 0 atom stereocenters. The van der Waals surface area contributed by atoms with Crippen molar-refractivity contribution < 1.29 is 9.31 Å². The summed E-state index contributed by atoms with van der Waals surface area (Å²) in [6.45, 7) is 14.2. The zero-order valence-corrected chi connectivity index (χ0v) is 31.4. The number of anilines is 3. The molecule has 45 heavy (non-hydrogen) atoms. The van der Waals surface area contributed by atoms with Gasteiger partial charge in [-0.15, -0.1) is 22.7 Å². The number of aromatic nitrogens is 2. The van der Waals surface area contributed by atoms with Gasteiger partial charge in [-0.3, -0.25) is 0 Å². The van der Waals surface area contributed by atoms with Gasteiger partial charge < -0.3 is 26.5 Å². The van der Waals surface area contributed by atoms with Crippen LogP contribution in [0, 0.1) is 20.8 Å². The summed E-state index contributed by atoms with van der Waals surface area (Å²) in [7, 11) is -0.306. The maximum Gasteiger partial charge on any atom is 0.494 e. The highest BCUT2D eigenvalue weighted by Crippen LogP contribution is 2.36. The Hall–Kier alpha value is -2.74. The quantitative estimate of drug-likeness (QED) is 0.121. The van der Waals surface area contributed by atoms with Crippen LogP contribution in [0.15, 0.2) is 86.1 Å². The Bertz CT molecular complexity index is 1650. The predicted octanol–water partition coefficient (Wildman–Crippen LogP) is 8.82. The molecular weight excluding hydrogens is 733 g/mol.